The molecule has 21 heavy (non-hydrogen) atoms. The highest BCUT2D eigenvalue weighted by Crippen LogP contribution is 2.27. The number of hydrogen-bond acceptors (Lipinski definition) is 3. The van der Waals surface area contributed by atoms with Crippen LogP contribution in [0.5, 0.6) is 0 Å². The monoisotopic (exact) mass is 288 g/mol. The molecule has 0 spiro atoms. The van der Waals surface area contributed by atoms with Gasteiger partial charge in [-0.1, -0.05) is 32.1 Å². The van der Waals surface area contributed by atoms with Crippen LogP contribution in [0.3, 0.4) is 0 Å². The molecule has 1 aromatic carbocycles. The van der Waals surface area contributed by atoms with Gasteiger partial charge in [0, 0.05) is 12.1 Å². The van der Waals surface area contributed by atoms with Crippen LogP contribution in [0.25, 0.3) is 11.1 Å². The minimum atomic E-state index is -0.481. The topological polar surface area (TPSA) is 75.1 Å². The van der Waals surface area contributed by atoms with Crippen molar-refractivity contribution in [1.82, 2.24) is 4.98 Å². The number of aromatic nitrogens is 1. The molecule has 5 heteroatoms. The van der Waals surface area contributed by atoms with E-state index in [-0.39, 0.29) is 5.91 Å². The molecule has 1 fully saturated rings. The minimum absolute atomic E-state index is 0.0331. The maximum absolute atomic E-state index is 12.0. The molecule has 1 aliphatic carbocycles. The van der Waals surface area contributed by atoms with Crippen molar-refractivity contribution in [3.05, 3.63) is 28.7 Å². The Hall–Kier alpha value is -2.04. The van der Waals surface area contributed by atoms with E-state index < -0.39 is 5.76 Å². The molecule has 0 atom stereocenters. The summed E-state index contributed by atoms with van der Waals surface area (Å²) in [7, 11) is 0. The number of hydrogen-bond donors (Lipinski definition) is 2. The summed E-state index contributed by atoms with van der Waals surface area (Å²) in [5.74, 6) is 0.258. The van der Waals surface area contributed by atoms with Gasteiger partial charge in [0.2, 0.25) is 5.91 Å². The lowest BCUT2D eigenvalue weighted by atomic mass is 9.86. The van der Waals surface area contributed by atoms with Crippen LogP contribution >= 0.6 is 0 Å². The first-order chi connectivity index (χ1) is 10.2. The van der Waals surface area contributed by atoms with E-state index in [2.05, 4.69) is 10.3 Å². The number of carbonyl (C=O) groups excluding carboxylic acids is 1. The Labute approximate surface area is 122 Å². The molecule has 112 valence electrons. The molecule has 1 amide bonds. The van der Waals surface area contributed by atoms with Crippen LogP contribution in [0, 0.1) is 5.92 Å². The second-order valence-corrected chi connectivity index (χ2v) is 5.82. The molecular formula is C16H20N2O3. The van der Waals surface area contributed by atoms with E-state index >= 15 is 0 Å². The lowest BCUT2D eigenvalue weighted by Crippen LogP contribution is -2.14. The van der Waals surface area contributed by atoms with Crippen molar-refractivity contribution in [2.24, 2.45) is 5.92 Å². The van der Waals surface area contributed by atoms with Gasteiger partial charge in [-0.2, -0.15) is 0 Å². The number of rotatable bonds is 4. The predicted molar refractivity (Wildman–Crippen MR) is 81.3 cm³/mol. The lowest BCUT2D eigenvalue weighted by molar-refractivity contribution is -0.116. The molecule has 3 rings (SSSR count). The number of nitrogens with one attached hydrogen (secondary N) is 2. The number of carbonyl (C=O) groups is 1. The van der Waals surface area contributed by atoms with Gasteiger partial charge in [0.05, 0.1) is 5.52 Å². The van der Waals surface area contributed by atoms with Crippen LogP contribution in [-0.2, 0) is 4.79 Å². The highest BCUT2D eigenvalue weighted by molar-refractivity contribution is 5.92. The van der Waals surface area contributed by atoms with Crippen LogP contribution in [0.2, 0.25) is 0 Å². The van der Waals surface area contributed by atoms with E-state index in [1.165, 1.54) is 32.1 Å². The third-order valence-corrected chi connectivity index (χ3v) is 4.21. The molecule has 0 bridgehead atoms. The Balaban J connectivity index is 1.56. The second-order valence-electron chi connectivity index (χ2n) is 5.82. The summed E-state index contributed by atoms with van der Waals surface area (Å²) in [5, 5.41) is 2.88. The first kappa shape index (κ1) is 13.9. The quantitative estimate of drug-likeness (QED) is 0.905. The van der Waals surface area contributed by atoms with E-state index in [0.717, 1.165) is 6.42 Å². The van der Waals surface area contributed by atoms with Crippen LogP contribution < -0.4 is 11.1 Å². The summed E-state index contributed by atoms with van der Waals surface area (Å²) in [5.41, 5.74) is 1.79. The second kappa shape index (κ2) is 6.16. The van der Waals surface area contributed by atoms with E-state index in [0.29, 0.717) is 29.1 Å². The molecule has 2 aromatic rings. The SMILES string of the molecule is O=C(CCC1CCCCC1)Nc1ccc2oc(=O)[nH]c2c1. The van der Waals surface area contributed by atoms with Crippen LogP contribution in [0.15, 0.2) is 27.4 Å². The van der Waals surface area contributed by atoms with Crippen molar-refractivity contribution in [2.75, 3.05) is 5.32 Å². The largest absolute Gasteiger partial charge is 0.417 e. The zero-order chi connectivity index (χ0) is 14.7. The molecule has 1 saturated carbocycles. The molecule has 1 heterocycles. The molecule has 0 aliphatic heterocycles. The third-order valence-electron chi connectivity index (χ3n) is 4.21. The zero-order valence-electron chi connectivity index (χ0n) is 12.0. The van der Waals surface area contributed by atoms with Crippen molar-refractivity contribution >= 4 is 22.7 Å². The molecule has 1 aromatic heterocycles. The Kier molecular flexibility index (Phi) is 4.08. The van der Waals surface area contributed by atoms with Crippen molar-refractivity contribution < 1.29 is 9.21 Å². The van der Waals surface area contributed by atoms with E-state index in [4.69, 9.17) is 4.42 Å². The van der Waals surface area contributed by atoms with Crippen LogP contribution in [-0.4, -0.2) is 10.9 Å². The number of H-pyrrole nitrogens is 1. The Morgan fingerprint density at radius 3 is 2.90 bits per heavy atom. The van der Waals surface area contributed by atoms with Gasteiger partial charge in [-0.3, -0.25) is 9.78 Å². The molecule has 0 unspecified atom stereocenters. The first-order valence-corrected chi connectivity index (χ1v) is 7.63. The predicted octanol–water partition coefficient (Wildman–Crippen LogP) is 3.42. The van der Waals surface area contributed by atoms with Gasteiger partial charge in [0.15, 0.2) is 5.58 Å². The number of amides is 1. The van der Waals surface area contributed by atoms with E-state index in [1.807, 2.05) is 0 Å². The highest BCUT2D eigenvalue weighted by atomic mass is 16.4. The number of fused-ring (bicyclic) bond motifs is 1. The number of anilines is 1. The van der Waals surface area contributed by atoms with Gasteiger partial charge < -0.3 is 9.73 Å². The summed E-state index contributed by atoms with van der Waals surface area (Å²) >= 11 is 0. The van der Waals surface area contributed by atoms with Crippen molar-refractivity contribution in [1.29, 1.82) is 0 Å². The van der Waals surface area contributed by atoms with Gasteiger partial charge in [0.25, 0.3) is 0 Å². The van der Waals surface area contributed by atoms with Crippen LogP contribution in [0.1, 0.15) is 44.9 Å². The number of aromatic amines is 1. The Morgan fingerprint density at radius 2 is 2.10 bits per heavy atom. The Bertz CT molecular complexity index is 680. The van der Waals surface area contributed by atoms with Gasteiger partial charge in [-0.25, -0.2) is 4.79 Å². The number of oxazole rings is 1. The fourth-order valence-corrected chi connectivity index (χ4v) is 3.06. The van der Waals surface area contributed by atoms with Gasteiger partial charge in [-0.05, 0) is 30.5 Å². The summed E-state index contributed by atoms with van der Waals surface area (Å²) < 4.78 is 4.93. The highest BCUT2D eigenvalue weighted by Gasteiger charge is 2.15. The molecule has 0 saturated heterocycles. The average molecular weight is 288 g/mol. The molecule has 0 radical (unpaired) electrons. The molecular weight excluding hydrogens is 268 g/mol. The van der Waals surface area contributed by atoms with Gasteiger partial charge in [0.1, 0.15) is 0 Å². The Morgan fingerprint density at radius 1 is 1.29 bits per heavy atom. The summed E-state index contributed by atoms with van der Waals surface area (Å²) in [4.78, 5) is 25.7. The first-order valence-electron chi connectivity index (χ1n) is 7.63. The molecule has 2 N–H and O–H groups in total. The zero-order valence-corrected chi connectivity index (χ0v) is 12.0. The average Bonchev–Trinajstić information content (AvgIpc) is 2.85. The van der Waals surface area contributed by atoms with Crippen molar-refractivity contribution in [3.63, 3.8) is 0 Å². The van der Waals surface area contributed by atoms with Crippen LogP contribution in [0.4, 0.5) is 5.69 Å². The van der Waals surface area contributed by atoms with Gasteiger partial charge >= 0.3 is 5.76 Å². The molecule has 5 nitrogen and oxygen atoms in total. The third kappa shape index (κ3) is 3.54. The lowest BCUT2D eigenvalue weighted by Gasteiger charge is -2.20. The van der Waals surface area contributed by atoms with Crippen molar-refractivity contribution in [3.8, 4) is 0 Å². The van der Waals surface area contributed by atoms with Gasteiger partial charge in [-0.15, -0.1) is 0 Å². The van der Waals surface area contributed by atoms with E-state index in [1.54, 1.807) is 18.2 Å². The van der Waals surface area contributed by atoms with Crippen molar-refractivity contribution in [2.45, 2.75) is 44.9 Å². The minimum Gasteiger partial charge on any atom is -0.408 e. The normalized spacial score (nSPS) is 16.2. The maximum Gasteiger partial charge on any atom is 0.417 e. The summed E-state index contributed by atoms with van der Waals surface area (Å²) in [6, 6.07) is 5.15. The fraction of sp³-hybridized carbons (Fsp3) is 0.500. The number of benzene rings is 1. The summed E-state index contributed by atoms with van der Waals surface area (Å²) in [6.07, 6.45) is 7.99. The molecule has 1 aliphatic rings. The summed E-state index contributed by atoms with van der Waals surface area (Å²) in [6.45, 7) is 0. The maximum atomic E-state index is 12.0. The standard InChI is InChI=1S/C16H20N2O3/c19-15(9-6-11-4-2-1-3-5-11)17-12-7-8-14-13(10-12)18-16(20)21-14/h7-8,10-11H,1-6,9H2,(H,17,19)(H,18,20). The fourth-order valence-electron chi connectivity index (χ4n) is 3.06. The van der Waals surface area contributed by atoms with E-state index in [9.17, 15) is 9.59 Å². The smallest absolute Gasteiger partial charge is 0.408 e.